The summed E-state index contributed by atoms with van der Waals surface area (Å²) in [6.45, 7) is 9.24. The number of aromatic nitrogens is 2. The van der Waals surface area contributed by atoms with Crippen LogP contribution in [0.2, 0.25) is 0 Å². The summed E-state index contributed by atoms with van der Waals surface area (Å²) in [5.41, 5.74) is 2.70. The molecule has 5 rings (SSSR count). The highest BCUT2D eigenvalue weighted by atomic mass is 32.1. The highest BCUT2D eigenvalue weighted by molar-refractivity contribution is 7.19. The second kappa shape index (κ2) is 9.57. The molecule has 0 spiro atoms. The molecule has 3 aromatic rings. The molecule has 168 valence electrons. The fraction of sp³-hybridized carbons (Fsp3) is 0.440. The highest BCUT2D eigenvalue weighted by Gasteiger charge is 2.24. The van der Waals surface area contributed by atoms with Gasteiger partial charge in [-0.25, -0.2) is 9.97 Å². The second-order valence-electron chi connectivity index (χ2n) is 8.49. The lowest BCUT2D eigenvalue weighted by Gasteiger charge is -2.26. The number of aryl methyl sites for hydroxylation is 2. The van der Waals surface area contributed by atoms with Crippen molar-refractivity contribution in [1.82, 2.24) is 14.9 Å². The first-order valence-corrected chi connectivity index (χ1v) is 12.2. The fourth-order valence-electron chi connectivity index (χ4n) is 4.52. The van der Waals surface area contributed by atoms with E-state index >= 15 is 0 Å². The lowest BCUT2D eigenvalue weighted by molar-refractivity contribution is 0.0331. The van der Waals surface area contributed by atoms with Gasteiger partial charge in [0.25, 0.3) is 0 Å². The van der Waals surface area contributed by atoms with Crippen molar-refractivity contribution < 1.29 is 9.47 Å². The minimum atomic E-state index is 0.521. The van der Waals surface area contributed by atoms with Crippen LogP contribution in [0.5, 0.6) is 5.75 Å². The van der Waals surface area contributed by atoms with Gasteiger partial charge >= 0.3 is 0 Å². The first-order valence-electron chi connectivity index (χ1n) is 11.4. The largest absolute Gasteiger partial charge is 0.490 e. The van der Waals surface area contributed by atoms with Gasteiger partial charge in [-0.1, -0.05) is 24.8 Å². The second-order valence-corrected chi connectivity index (χ2v) is 9.57. The van der Waals surface area contributed by atoms with Crippen LogP contribution in [-0.2, 0) is 30.7 Å². The van der Waals surface area contributed by atoms with E-state index in [1.807, 2.05) is 23.5 Å². The summed E-state index contributed by atoms with van der Waals surface area (Å²) in [6, 6.07) is 8.29. The Bertz CT molecular complexity index is 1090. The molecule has 0 unspecified atom stereocenters. The highest BCUT2D eigenvalue weighted by Crippen LogP contribution is 2.40. The van der Waals surface area contributed by atoms with E-state index in [1.54, 1.807) is 6.08 Å². The number of rotatable bonds is 8. The molecule has 1 aliphatic carbocycles. The summed E-state index contributed by atoms with van der Waals surface area (Å²) in [5.74, 6) is 2.84. The van der Waals surface area contributed by atoms with Gasteiger partial charge in [0.05, 0.1) is 25.1 Å². The van der Waals surface area contributed by atoms with Crippen LogP contribution < -0.4 is 9.64 Å². The Labute approximate surface area is 193 Å². The molecular weight excluding hydrogens is 420 g/mol. The number of nitrogens with zero attached hydrogens (tertiary/aromatic N) is 4. The first kappa shape index (κ1) is 21.4. The van der Waals surface area contributed by atoms with E-state index in [0.29, 0.717) is 6.61 Å². The predicted octanol–water partition coefficient (Wildman–Crippen LogP) is 4.21. The lowest BCUT2D eigenvalue weighted by atomic mass is 10.1. The Morgan fingerprint density at radius 2 is 2.00 bits per heavy atom. The van der Waals surface area contributed by atoms with Gasteiger partial charge in [-0.05, 0) is 42.5 Å². The molecule has 0 N–H and O–H groups in total. The molecule has 0 amide bonds. The van der Waals surface area contributed by atoms with Crippen LogP contribution in [0.1, 0.15) is 28.2 Å². The van der Waals surface area contributed by atoms with Crippen molar-refractivity contribution in [1.29, 1.82) is 0 Å². The van der Waals surface area contributed by atoms with E-state index in [2.05, 4.69) is 35.6 Å². The minimum Gasteiger partial charge on any atom is -0.490 e. The van der Waals surface area contributed by atoms with E-state index in [1.165, 1.54) is 34.2 Å². The molecule has 0 saturated carbocycles. The average Bonchev–Trinajstić information content (AvgIpc) is 3.40. The zero-order valence-corrected chi connectivity index (χ0v) is 19.5. The molecule has 1 saturated heterocycles. The van der Waals surface area contributed by atoms with Crippen molar-refractivity contribution in [3.63, 3.8) is 0 Å². The van der Waals surface area contributed by atoms with Crippen LogP contribution in [0.3, 0.4) is 0 Å². The van der Waals surface area contributed by atoms with Crippen molar-refractivity contribution in [2.75, 3.05) is 44.9 Å². The molecule has 32 heavy (non-hydrogen) atoms. The maximum atomic E-state index is 5.62. The van der Waals surface area contributed by atoms with Gasteiger partial charge in [0.15, 0.2) is 0 Å². The summed E-state index contributed by atoms with van der Waals surface area (Å²) in [5, 5.41) is 1.27. The molecule has 6 nitrogen and oxygen atoms in total. The topological polar surface area (TPSA) is 50.7 Å². The summed E-state index contributed by atoms with van der Waals surface area (Å²) >= 11 is 1.86. The smallest absolute Gasteiger partial charge is 0.146 e. The number of hydrogen-bond donors (Lipinski definition) is 0. The molecule has 1 fully saturated rings. The normalized spacial score (nSPS) is 16.3. The summed E-state index contributed by atoms with van der Waals surface area (Å²) in [6.07, 6.45) is 5.31. The monoisotopic (exact) mass is 450 g/mol. The maximum Gasteiger partial charge on any atom is 0.146 e. The van der Waals surface area contributed by atoms with E-state index in [9.17, 15) is 0 Å². The summed E-state index contributed by atoms with van der Waals surface area (Å²) < 4.78 is 11.1. The Balaban J connectivity index is 1.43. The fourth-order valence-corrected chi connectivity index (χ4v) is 5.80. The third-order valence-corrected chi connectivity index (χ3v) is 7.32. The van der Waals surface area contributed by atoms with Gasteiger partial charge in [-0.3, -0.25) is 4.90 Å². The molecule has 2 aromatic heterocycles. The SMILES string of the molecule is C=CCOc1ccc(CN(C)c2nc(CN3CCOCC3)nc3sc4c(c23)CCC4)cc1. The van der Waals surface area contributed by atoms with Crippen molar-refractivity contribution >= 4 is 27.4 Å². The third-order valence-electron chi connectivity index (χ3n) is 6.13. The van der Waals surface area contributed by atoms with Gasteiger partial charge in [0.1, 0.15) is 28.8 Å². The average molecular weight is 451 g/mol. The van der Waals surface area contributed by atoms with Crippen molar-refractivity contribution in [3.05, 3.63) is 58.7 Å². The number of ether oxygens (including phenoxy) is 2. The Hall–Kier alpha value is -2.48. The van der Waals surface area contributed by atoms with Crippen LogP contribution in [0, 0.1) is 0 Å². The van der Waals surface area contributed by atoms with Crippen LogP contribution in [0.15, 0.2) is 36.9 Å². The van der Waals surface area contributed by atoms with Crippen molar-refractivity contribution in [3.8, 4) is 5.75 Å². The molecule has 0 atom stereocenters. The van der Waals surface area contributed by atoms with Crippen LogP contribution in [-0.4, -0.2) is 54.8 Å². The molecule has 0 radical (unpaired) electrons. The Morgan fingerprint density at radius 3 is 2.78 bits per heavy atom. The van der Waals surface area contributed by atoms with Gasteiger partial charge in [-0.15, -0.1) is 11.3 Å². The number of thiophene rings is 1. The van der Waals surface area contributed by atoms with Gasteiger partial charge < -0.3 is 14.4 Å². The first-order chi connectivity index (χ1) is 15.7. The van der Waals surface area contributed by atoms with E-state index in [4.69, 9.17) is 19.4 Å². The van der Waals surface area contributed by atoms with Crippen molar-refractivity contribution in [2.45, 2.75) is 32.4 Å². The third kappa shape index (κ3) is 4.51. The quantitative estimate of drug-likeness (QED) is 0.479. The number of anilines is 1. The Morgan fingerprint density at radius 1 is 1.19 bits per heavy atom. The van der Waals surface area contributed by atoms with Crippen LogP contribution in [0.4, 0.5) is 5.82 Å². The number of benzene rings is 1. The van der Waals surface area contributed by atoms with Gasteiger partial charge in [-0.2, -0.15) is 0 Å². The molecule has 1 aliphatic heterocycles. The van der Waals surface area contributed by atoms with E-state index in [-0.39, 0.29) is 0 Å². The standard InChI is InChI=1S/C25H30N4O2S/c1-3-13-31-19-9-7-18(8-10-19)16-28(2)24-23-20-5-4-6-21(20)32-25(23)27-22(26-24)17-29-11-14-30-15-12-29/h3,7-10H,1,4-6,11-17H2,2H3. The lowest BCUT2D eigenvalue weighted by Crippen LogP contribution is -2.36. The molecule has 2 aliphatic rings. The van der Waals surface area contributed by atoms with E-state index < -0.39 is 0 Å². The van der Waals surface area contributed by atoms with Crippen molar-refractivity contribution in [2.24, 2.45) is 0 Å². The summed E-state index contributed by atoms with van der Waals surface area (Å²) in [4.78, 5) is 17.4. The molecule has 0 bridgehead atoms. The number of hydrogen-bond acceptors (Lipinski definition) is 7. The predicted molar refractivity (Wildman–Crippen MR) is 130 cm³/mol. The number of fused-ring (bicyclic) bond motifs is 3. The molecular formula is C25H30N4O2S. The molecule has 1 aromatic carbocycles. The minimum absolute atomic E-state index is 0.521. The van der Waals surface area contributed by atoms with Crippen LogP contribution in [0.25, 0.3) is 10.2 Å². The van der Waals surface area contributed by atoms with Crippen LogP contribution >= 0.6 is 11.3 Å². The molecule has 3 heterocycles. The number of morpholine rings is 1. The molecule has 7 heteroatoms. The zero-order valence-electron chi connectivity index (χ0n) is 18.7. The summed E-state index contributed by atoms with van der Waals surface area (Å²) in [7, 11) is 2.14. The zero-order chi connectivity index (χ0) is 21.9. The maximum absolute atomic E-state index is 5.62. The van der Waals surface area contributed by atoms with Gasteiger partial charge in [0, 0.05) is 31.6 Å². The van der Waals surface area contributed by atoms with Gasteiger partial charge in [0.2, 0.25) is 0 Å². The Kier molecular flexibility index (Phi) is 6.39. The van der Waals surface area contributed by atoms with E-state index in [0.717, 1.165) is 68.0 Å².